The zero-order valence-electron chi connectivity index (χ0n) is 16.7. The van der Waals surface area contributed by atoms with Gasteiger partial charge < -0.3 is 14.8 Å². The Morgan fingerprint density at radius 2 is 1.90 bits per heavy atom. The van der Waals surface area contributed by atoms with Gasteiger partial charge in [0.05, 0.1) is 18.9 Å². The van der Waals surface area contributed by atoms with Gasteiger partial charge in [0.1, 0.15) is 11.5 Å². The number of methoxy groups -OCH3 is 1. The molecule has 2 aromatic carbocycles. The van der Waals surface area contributed by atoms with E-state index in [-0.39, 0.29) is 0 Å². The third-order valence-electron chi connectivity index (χ3n) is 4.81. The molecule has 0 aromatic heterocycles. The zero-order valence-corrected chi connectivity index (χ0v) is 19.1. The molecule has 0 amide bonds. The van der Waals surface area contributed by atoms with Gasteiger partial charge in [-0.1, -0.05) is 35.2 Å². The number of benzene rings is 2. The summed E-state index contributed by atoms with van der Waals surface area (Å²) in [6, 6.07) is 12.5. The molecule has 2 N–H and O–H groups in total. The molecule has 0 radical (unpaired) electrons. The zero-order chi connectivity index (χ0) is 21.3. The minimum atomic E-state index is -0.461. The molecule has 3 rings (SSSR count). The lowest BCUT2D eigenvalue weighted by atomic mass is 9.96. The number of thiocarbonyl (C=S) groups is 1. The topological polar surface area (TPSA) is 72.0 Å². The predicted octanol–water partition coefficient (Wildman–Crippen LogP) is 4.81. The highest BCUT2D eigenvalue weighted by Crippen LogP contribution is 2.23. The second-order valence-electron chi connectivity index (χ2n) is 6.98. The average molecular weight is 490 g/mol. The van der Waals surface area contributed by atoms with Gasteiger partial charge in [-0.2, -0.15) is 5.10 Å². The number of nitrogens with one attached hydrogen (secondary N) is 2. The van der Waals surface area contributed by atoms with Crippen LogP contribution in [-0.4, -0.2) is 30.4 Å². The Balaban J connectivity index is 1.63. The van der Waals surface area contributed by atoms with Crippen molar-refractivity contribution in [3.8, 4) is 11.5 Å². The molecule has 0 heterocycles. The normalized spacial score (nSPS) is 14.3. The molecule has 0 atom stereocenters. The smallest absolute Gasteiger partial charge is 0.343 e. The summed E-state index contributed by atoms with van der Waals surface area (Å²) >= 11 is 8.76. The number of esters is 1. The highest BCUT2D eigenvalue weighted by atomic mass is 79.9. The second kappa shape index (κ2) is 11.1. The van der Waals surface area contributed by atoms with Crippen molar-refractivity contribution >= 4 is 45.4 Å². The van der Waals surface area contributed by atoms with Crippen LogP contribution in [0.15, 0.2) is 52.0 Å². The monoisotopic (exact) mass is 489 g/mol. The Morgan fingerprint density at radius 3 is 2.60 bits per heavy atom. The van der Waals surface area contributed by atoms with Gasteiger partial charge in [-0.15, -0.1) is 0 Å². The van der Waals surface area contributed by atoms with Crippen LogP contribution in [0.25, 0.3) is 0 Å². The van der Waals surface area contributed by atoms with Crippen molar-refractivity contribution in [3.05, 3.63) is 58.1 Å². The van der Waals surface area contributed by atoms with E-state index in [1.54, 1.807) is 49.7 Å². The van der Waals surface area contributed by atoms with Gasteiger partial charge >= 0.3 is 5.97 Å². The van der Waals surface area contributed by atoms with Gasteiger partial charge in [-0.3, -0.25) is 5.43 Å². The van der Waals surface area contributed by atoms with E-state index in [4.69, 9.17) is 21.7 Å². The van der Waals surface area contributed by atoms with E-state index in [2.05, 4.69) is 31.8 Å². The molecule has 0 unspecified atom stereocenters. The van der Waals surface area contributed by atoms with Crippen LogP contribution in [-0.2, 0) is 0 Å². The molecule has 30 heavy (non-hydrogen) atoms. The first-order valence-corrected chi connectivity index (χ1v) is 11.0. The number of hydrogen-bond acceptors (Lipinski definition) is 5. The molecule has 158 valence electrons. The quantitative estimate of drug-likeness (QED) is 0.199. The highest BCUT2D eigenvalue weighted by molar-refractivity contribution is 9.10. The summed E-state index contributed by atoms with van der Waals surface area (Å²) in [6.45, 7) is 0. The van der Waals surface area contributed by atoms with Crippen molar-refractivity contribution in [2.75, 3.05) is 7.11 Å². The van der Waals surface area contributed by atoms with Crippen LogP contribution in [0.4, 0.5) is 0 Å². The van der Waals surface area contributed by atoms with E-state index in [9.17, 15) is 4.79 Å². The fourth-order valence-corrected chi connectivity index (χ4v) is 3.82. The number of rotatable bonds is 6. The summed E-state index contributed by atoms with van der Waals surface area (Å²) in [6.07, 6.45) is 7.58. The Kier molecular flexibility index (Phi) is 8.21. The molecule has 1 saturated carbocycles. The van der Waals surface area contributed by atoms with Crippen molar-refractivity contribution < 1.29 is 14.3 Å². The highest BCUT2D eigenvalue weighted by Gasteiger charge is 2.14. The third kappa shape index (κ3) is 6.53. The van der Waals surface area contributed by atoms with Crippen molar-refractivity contribution in [2.45, 2.75) is 38.1 Å². The maximum atomic E-state index is 12.5. The molecule has 1 aliphatic carbocycles. The molecule has 0 aliphatic heterocycles. The van der Waals surface area contributed by atoms with Crippen molar-refractivity contribution in [3.63, 3.8) is 0 Å². The molecule has 0 spiro atoms. The summed E-state index contributed by atoms with van der Waals surface area (Å²) in [4.78, 5) is 12.5. The Bertz CT molecular complexity index is 912. The second-order valence-corrected chi connectivity index (χ2v) is 8.30. The summed E-state index contributed by atoms with van der Waals surface area (Å²) in [5.74, 6) is 0.611. The fourth-order valence-electron chi connectivity index (χ4n) is 3.22. The van der Waals surface area contributed by atoms with E-state index in [1.165, 1.54) is 19.3 Å². The molecule has 2 aromatic rings. The molecule has 6 nitrogen and oxygen atoms in total. The molecule has 8 heteroatoms. The van der Waals surface area contributed by atoms with E-state index in [0.29, 0.717) is 33.8 Å². The minimum absolute atomic E-state index is 0.399. The van der Waals surface area contributed by atoms with Crippen molar-refractivity contribution in [1.29, 1.82) is 0 Å². The molecule has 1 aliphatic rings. The minimum Gasteiger partial charge on any atom is -0.497 e. The SMILES string of the molecule is COc1ccc(C(=O)Oc2ccc(Br)cc2/C=N\NC(=S)NC2CCCCC2)cc1. The van der Waals surface area contributed by atoms with Gasteiger partial charge in [0.2, 0.25) is 0 Å². The van der Waals surface area contributed by atoms with Crippen molar-refractivity contribution in [1.82, 2.24) is 10.7 Å². The lowest BCUT2D eigenvalue weighted by Crippen LogP contribution is -2.40. The number of carbonyl (C=O) groups excluding carboxylic acids is 1. The molecular weight excluding hydrogens is 466 g/mol. The van der Waals surface area contributed by atoms with Gasteiger partial charge in [0.15, 0.2) is 5.11 Å². The number of nitrogens with zero attached hydrogens (tertiary/aromatic N) is 1. The van der Waals surface area contributed by atoms with E-state index < -0.39 is 5.97 Å². The van der Waals surface area contributed by atoms with Crippen LogP contribution in [0, 0.1) is 0 Å². The first-order valence-electron chi connectivity index (χ1n) is 9.80. The van der Waals surface area contributed by atoms with Crippen LogP contribution in [0.3, 0.4) is 0 Å². The summed E-state index contributed by atoms with van der Waals surface area (Å²) in [5.41, 5.74) is 3.91. The standard InChI is InChI=1S/C22H24BrN3O3S/c1-28-19-10-7-15(8-11-19)21(27)29-20-12-9-17(23)13-16(20)14-24-26-22(30)25-18-5-3-2-4-6-18/h7-14,18H,2-6H2,1H3,(H2,25,26,30)/b24-14-. The molecule has 0 saturated heterocycles. The van der Waals surface area contributed by atoms with Gasteiger partial charge in [0, 0.05) is 16.1 Å². The van der Waals surface area contributed by atoms with Crippen LogP contribution < -0.4 is 20.2 Å². The maximum Gasteiger partial charge on any atom is 0.343 e. The number of halogens is 1. The third-order valence-corrected chi connectivity index (χ3v) is 5.51. The van der Waals surface area contributed by atoms with E-state index >= 15 is 0 Å². The molecule has 1 fully saturated rings. The predicted molar refractivity (Wildman–Crippen MR) is 125 cm³/mol. The van der Waals surface area contributed by atoms with Crippen molar-refractivity contribution in [2.24, 2.45) is 5.10 Å². The Hall–Kier alpha value is -2.45. The van der Waals surface area contributed by atoms with Crippen LogP contribution in [0.2, 0.25) is 0 Å². The first-order chi connectivity index (χ1) is 14.5. The summed E-state index contributed by atoms with van der Waals surface area (Å²) in [7, 11) is 1.57. The molecular formula is C22H24BrN3O3S. The largest absolute Gasteiger partial charge is 0.497 e. The number of ether oxygens (including phenoxy) is 2. The lowest BCUT2D eigenvalue weighted by Gasteiger charge is -2.23. The number of hydrogen-bond donors (Lipinski definition) is 2. The van der Waals surface area contributed by atoms with Gasteiger partial charge in [-0.05, 0) is 67.5 Å². The van der Waals surface area contributed by atoms with E-state index in [0.717, 1.165) is 17.3 Å². The Morgan fingerprint density at radius 1 is 1.17 bits per heavy atom. The average Bonchev–Trinajstić information content (AvgIpc) is 2.76. The summed E-state index contributed by atoms with van der Waals surface area (Å²) < 4.78 is 11.5. The first kappa shape index (κ1) is 22.2. The number of carbonyl (C=O) groups is 1. The Labute approximate surface area is 190 Å². The van der Waals surface area contributed by atoms with Crippen LogP contribution >= 0.6 is 28.1 Å². The van der Waals surface area contributed by atoms with Gasteiger partial charge in [-0.25, -0.2) is 4.79 Å². The van der Waals surface area contributed by atoms with Gasteiger partial charge in [0.25, 0.3) is 0 Å². The maximum absolute atomic E-state index is 12.5. The van der Waals surface area contributed by atoms with Crippen LogP contribution in [0.5, 0.6) is 11.5 Å². The summed E-state index contributed by atoms with van der Waals surface area (Å²) in [5, 5.41) is 7.99. The fraction of sp³-hybridized carbons (Fsp3) is 0.318. The van der Waals surface area contributed by atoms with Crippen LogP contribution in [0.1, 0.15) is 48.0 Å². The lowest BCUT2D eigenvalue weighted by molar-refractivity contribution is 0.0734. The molecule has 0 bridgehead atoms. The van der Waals surface area contributed by atoms with E-state index in [1.807, 2.05) is 6.07 Å². The number of hydrazone groups is 1.